The van der Waals surface area contributed by atoms with Crippen LogP contribution >= 0.6 is 11.3 Å². The fourth-order valence-electron chi connectivity index (χ4n) is 2.80. The van der Waals surface area contributed by atoms with Crippen LogP contribution < -0.4 is 0 Å². The largest absolute Gasteiger partial charge is 0.389 e. The summed E-state index contributed by atoms with van der Waals surface area (Å²) < 4.78 is 5.23. The number of hydrogen-bond donors (Lipinski definition) is 1. The summed E-state index contributed by atoms with van der Waals surface area (Å²) in [6.07, 6.45) is 3.70. The Hall–Kier alpha value is -1.02. The predicted molar refractivity (Wildman–Crippen MR) is 88.9 cm³/mol. The van der Waals surface area contributed by atoms with E-state index in [4.69, 9.17) is 4.74 Å². The van der Waals surface area contributed by atoms with Gasteiger partial charge in [0.1, 0.15) is 4.88 Å². The van der Waals surface area contributed by atoms with E-state index in [-0.39, 0.29) is 5.91 Å². The average molecular weight is 339 g/mol. The number of ether oxygens (including phenoxy) is 1. The van der Waals surface area contributed by atoms with E-state index in [0.717, 1.165) is 23.0 Å². The summed E-state index contributed by atoms with van der Waals surface area (Å²) in [7, 11) is 0. The van der Waals surface area contributed by atoms with Crippen molar-refractivity contribution in [3.8, 4) is 0 Å². The molecule has 0 aromatic carbocycles. The lowest BCUT2D eigenvalue weighted by Gasteiger charge is -2.35. The Morgan fingerprint density at radius 2 is 2.17 bits per heavy atom. The van der Waals surface area contributed by atoms with Crippen LogP contribution in [0.2, 0.25) is 0 Å². The van der Waals surface area contributed by atoms with Gasteiger partial charge in [-0.25, -0.2) is 4.98 Å². The van der Waals surface area contributed by atoms with Crippen LogP contribution in [0.3, 0.4) is 0 Å². The minimum atomic E-state index is -0.459. The normalized spacial score (nSPS) is 20.7. The molecule has 1 atom stereocenters. The first-order chi connectivity index (χ1) is 11.2. The van der Waals surface area contributed by atoms with Crippen molar-refractivity contribution in [1.29, 1.82) is 0 Å². The number of aliphatic hydroxyl groups is 1. The van der Waals surface area contributed by atoms with Crippen molar-refractivity contribution < 1.29 is 14.6 Å². The minimum absolute atomic E-state index is 0.101. The van der Waals surface area contributed by atoms with Crippen molar-refractivity contribution in [3.05, 3.63) is 16.1 Å². The van der Waals surface area contributed by atoms with E-state index in [1.165, 1.54) is 12.8 Å². The highest BCUT2D eigenvalue weighted by Crippen LogP contribution is 2.41. The predicted octanol–water partition coefficient (Wildman–Crippen LogP) is 1.18. The number of nitrogens with zero attached hydrogens (tertiary/aromatic N) is 3. The van der Waals surface area contributed by atoms with Crippen LogP contribution in [0.15, 0.2) is 6.20 Å². The lowest BCUT2D eigenvalue weighted by molar-refractivity contribution is 0.0112. The van der Waals surface area contributed by atoms with Gasteiger partial charge in [0.2, 0.25) is 0 Å². The number of amides is 1. The molecule has 1 saturated carbocycles. The monoisotopic (exact) mass is 339 g/mol. The van der Waals surface area contributed by atoms with E-state index >= 15 is 0 Å². The molecule has 1 aromatic heterocycles. The van der Waals surface area contributed by atoms with E-state index in [1.54, 1.807) is 17.5 Å². The molecule has 2 heterocycles. The molecule has 1 aliphatic heterocycles. The highest BCUT2D eigenvalue weighted by Gasteiger charge is 2.29. The van der Waals surface area contributed by atoms with E-state index in [0.29, 0.717) is 38.8 Å². The zero-order chi connectivity index (χ0) is 16.2. The van der Waals surface area contributed by atoms with Crippen molar-refractivity contribution in [2.45, 2.75) is 31.8 Å². The molecule has 128 valence electrons. The first-order valence-corrected chi connectivity index (χ1v) is 9.22. The van der Waals surface area contributed by atoms with Crippen molar-refractivity contribution in [2.75, 3.05) is 45.9 Å². The molecule has 1 N–H and O–H groups in total. The quantitative estimate of drug-likeness (QED) is 0.808. The Kier molecular flexibility index (Phi) is 5.63. The maximum atomic E-state index is 12.5. The van der Waals surface area contributed by atoms with Gasteiger partial charge in [-0.2, -0.15) is 0 Å². The van der Waals surface area contributed by atoms with Crippen LogP contribution in [0.4, 0.5) is 0 Å². The summed E-state index contributed by atoms with van der Waals surface area (Å²) in [5, 5.41) is 11.0. The Morgan fingerprint density at radius 1 is 1.43 bits per heavy atom. The number of carbonyl (C=O) groups excluding carboxylic acids is 1. The third-order valence-corrected chi connectivity index (χ3v) is 5.45. The van der Waals surface area contributed by atoms with Gasteiger partial charge < -0.3 is 14.7 Å². The number of thiazole rings is 1. The van der Waals surface area contributed by atoms with Gasteiger partial charge in [-0.15, -0.1) is 11.3 Å². The summed E-state index contributed by atoms with van der Waals surface area (Å²) in [6.45, 7) is 6.52. The van der Waals surface area contributed by atoms with Gasteiger partial charge in [0, 0.05) is 45.2 Å². The molecule has 2 fully saturated rings. The summed E-state index contributed by atoms with van der Waals surface area (Å²) in [5.41, 5.74) is 0. The number of aliphatic hydroxyl groups excluding tert-OH is 1. The van der Waals surface area contributed by atoms with Gasteiger partial charge in [0.15, 0.2) is 0 Å². The fourth-order valence-corrected chi connectivity index (χ4v) is 3.85. The average Bonchev–Trinajstić information content (AvgIpc) is 3.30. The summed E-state index contributed by atoms with van der Waals surface area (Å²) in [6, 6.07) is 0. The SMILES string of the molecule is CCOC[C@H](O)CN1CCN(C(=O)c2cnc(C3CC3)s2)CC1. The second-order valence-electron chi connectivity index (χ2n) is 6.24. The molecule has 23 heavy (non-hydrogen) atoms. The molecule has 1 aromatic rings. The third kappa shape index (κ3) is 4.50. The summed E-state index contributed by atoms with van der Waals surface area (Å²) in [4.78, 5) is 21.8. The standard InChI is InChI=1S/C16H25N3O3S/c1-2-22-11-13(20)10-18-5-7-19(8-6-18)16(21)14-9-17-15(23-14)12-3-4-12/h9,12-13,20H,2-8,10-11H2,1H3/t13-/m1/s1. The maximum Gasteiger partial charge on any atom is 0.265 e. The Morgan fingerprint density at radius 3 is 2.83 bits per heavy atom. The molecule has 0 unspecified atom stereocenters. The van der Waals surface area contributed by atoms with E-state index < -0.39 is 6.10 Å². The van der Waals surface area contributed by atoms with Crippen LogP contribution in [0.1, 0.15) is 40.4 Å². The van der Waals surface area contributed by atoms with Crippen LogP contribution in [0.5, 0.6) is 0 Å². The van der Waals surface area contributed by atoms with E-state index in [2.05, 4.69) is 9.88 Å². The molecule has 0 spiro atoms. The highest BCUT2D eigenvalue weighted by atomic mass is 32.1. The van der Waals surface area contributed by atoms with Gasteiger partial charge in [0.25, 0.3) is 5.91 Å². The van der Waals surface area contributed by atoms with Crippen LogP contribution in [-0.4, -0.2) is 77.8 Å². The van der Waals surface area contributed by atoms with Gasteiger partial charge in [0.05, 0.1) is 23.9 Å². The fraction of sp³-hybridized carbons (Fsp3) is 0.750. The highest BCUT2D eigenvalue weighted by molar-refractivity contribution is 7.13. The molecule has 1 saturated heterocycles. The number of hydrogen-bond acceptors (Lipinski definition) is 6. The molecule has 6 nitrogen and oxygen atoms in total. The summed E-state index contributed by atoms with van der Waals surface area (Å²) >= 11 is 1.55. The number of β-amino-alcohol motifs (C(OH)–C–C–N with tert-alkyl or cyclic N) is 1. The van der Waals surface area contributed by atoms with Gasteiger partial charge in [-0.1, -0.05) is 0 Å². The molecule has 1 amide bonds. The molecule has 1 aliphatic carbocycles. The topological polar surface area (TPSA) is 65.9 Å². The first-order valence-electron chi connectivity index (χ1n) is 8.40. The van der Waals surface area contributed by atoms with Gasteiger partial charge in [-0.3, -0.25) is 9.69 Å². The zero-order valence-electron chi connectivity index (χ0n) is 13.6. The van der Waals surface area contributed by atoms with E-state index in [1.807, 2.05) is 11.8 Å². The molecule has 0 radical (unpaired) electrons. The molecule has 0 bridgehead atoms. The van der Waals surface area contributed by atoms with Crippen LogP contribution in [0.25, 0.3) is 0 Å². The number of rotatable bonds is 7. The van der Waals surface area contributed by atoms with Crippen LogP contribution in [-0.2, 0) is 4.74 Å². The van der Waals surface area contributed by atoms with Crippen molar-refractivity contribution >= 4 is 17.2 Å². The van der Waals surface area contributed by atoms with Gasteiger partial charge >= 0.3 is 0 Å². The van der Waals surface area contributed by atoms with Gasteiger partial charge in [-0.05, 0) is 19.8 Å². The maximum absolute atomic E-state index is 12.5. The van der Waals surface area contributed by atoms with Crippen LogP contribution in [0, 0.1) is 0 Å². The molecule has 2 aliphatic rings. The number of piperazine rings is 1. The molecular weight excluding hydrogens is 314 g/mol. The van der Waals surface area contributed by atoms with Crippen molar-refractivity contribution in [3.63, 3.8) is 0 Å². The Balaban J connectivity index is 1.45. The third-order valence-electron chi connectivity index (χ3n) is 4.30. The van der Waals surface area contributed by atoms with Crippen molar-refractivity contribution in [1.82, 2.24) is 14.8 Å². The van der Waals surface area contributed by atoms with Crippen molar-refractivity contribution in [2.24, 2.45) is 0 Å². The lowest BCUT2D eigenvalue weighted by Crippen LogP contribution is -2.50. The smallest absolute Gasteiger partial charge is 0.265 e. The molecular formula is C16H25N3O3S. The first kappa shape index (κ1) is 16.8. The number of aromatic nitrogens is 1. The second-order valence-corrected chi connectivity index (χ2v) is 7.31. The second kappa shape index (κ2) is 7.70. The zero-order valence-corrected chi connectivity index (χ0v) is 14.4. The molecule has 7 heteroatoms. The Labute approximate surface area is 141 Å². The summed E-state index contributed by atoms with van der Waals surface area (Å²) in [5.74, 6) is 0.703. The Bertz CT molecular complexity index is 524. The minimum Gasteiger partial charge on any atom is -0.389 e. The van der Waals surface area contributed by atoms with E-state index in [9.17, 15) is 9.90 Å². The molecule has 3 rings (SSSR count). The lowest BCUT2D eigenvalue weighted by atomic mass is 10.2. The number of carbonyl (C=O) groups is 1.